The van der Waals surface area contributed by atoms with Crippen LogP contribution in [0.1, 0.15) is 43.4 Å². The Morgan fingerprint density at radius 2 is 1.67 bits per heavy atom. The van der Waals surface area contributed by atoms with Gasteiger partial charge in [-0.25, -0.2) is 0 Å². The predicted octanol–water partition coefficient (Wildman–Crippen LogP) is 3.64. The summed E-state index contributed by atoms with van der Waals surface area (Å²) < 4.78 is 0. The van der Waals surface area contributed by atoms with E-state index < -0.39 is 0 Å². The maximum absolute atomic E-state index is 12.5. The van der Waals surface area contributed by atoms with Gasteiger partial charge in [-0.05, 0) is 36.6 Å². The number of amides is 1. The number of benzene rings is 2. The molecule has 2 unspecified atom stereocenters. The Balaban J connectivity index is 2.07. The molecule has 2 atom stereocenters. The van der Waals surface area contributed by atoms with Crippen LogP contribution in [0.3, 0.4) is 0 Å². The topological polar surface area (TPSA) is 55.1 Å². The fraction of sp³-hybridized carbons (Fsp3) is 0.278. The minimum Gasteiger partial charge on any atom is -0.399 e. The maximum atomic E-state index is 12.5. The van der Waals surface area contributed by atoms with Crippen molar-refractivity contribution >= 4 is 11.6 Å². The SMILES string of the molecule is CCC(C(=O)NC(C)c1ccc(N)cc1)c1ccccc1. The molecule has 0 aliphatic carbocycles. The van der Waals surface area contributed by atoms with Crippen LogP contribution in [0.2, 0.25) is 0 Å². The van der Waals surface area contributed by atoms with Gasteiger partial charge in [0.1, 0.15) is 0 Å². The van der Waals surface area contributed by atoms with Crippen LogP contribution >= 0.6 is 0 Å². The summed E-state index contributed by atoms with van der Waals surface area (Å²) in [4.78, 5) is 12.5. The molecular formula is C18H22N2O. The van der Waals surface area contributed by atoms with Gasteiger partial charge in [-0.1, -0.05) is 49.4 Å². The highest BCUT2D eigenvalue weighted by Crippen LogP contribution is 2.21. The molecule has 0 spiro atoms. The molecule has 3 N–H and O–H groups in total. The van der Waals surface area contributed by atoms with Gasteiger partial charge in [-0.15, -0.1) is 0 Å². The first-order valence-corrected chi connectivity index (χ1v) is 7.32. The van der Waals surface area contributed by atoms with Crippen molar-refractivity contribution in [1.82, 2.24) is 5.32 Å². The van der Waals surface area contributed by atoms with Crippen LogP contribution in [-0.4, -0.2) is 5.91 Å². The summed E-state index contributed by atoms with van der Waals surface area (Å²) in [6, 6.07) is 17.5. The van der Waals surface area contributed by atoms with Crippen LogP contribution < -0.4 is 11.1 Å². The molecule has 1 amide bonds. The lowest BCUT2D eigenvalue weighted by atomic mass is 9.95. The van der Waals surface area contributed by atoms with Crippen LogP contribution in [-0.2, 0) is 4.79 Å². The Hall–Kier alpha value is -2.29. The molecule has 0 fully saturated rings. The van der Waals surface area contributed by atoms with E-state index in [1.807, 2.05) is 68.4 Å². The normalized spacial score (nSPS) is 13.4. The summed E-state index contributed by atoms with van der Waals surface area (Å²) in [6.07, 6.45) is 0.782. The highest BCUT2D eigenvalue weighted by atomic mass is 16.1. The van der Waals surface area contributed by atoms with Crippen molar-refractivity contribution in [2.75, 3.05) is 5.73 Å². The summed E-state index contributed by atoms with van der Waals surface area (Å²) in [5, 5.41) is 3.09. The lowest BCUT2D eigenvalue weighted by Gasteiger charge is -2.20. The van der Waals surface area contributed by atoms with Gasteiger partial charge >= 0.3 is 0 Å². The minimum absolute atomic E-state index is 0.0316. The number of rotatable bonds is 5. The quantitative estimate of drug-likeness (QED) is 0.823. The van der Waals surface area contributed by atoms with Crippen molar-refractivity contribution < 1.29 is 4.79 Å². The van der Waals surface area contributed by atoms with Crippen molar-refractivity contribution in [3.8, 4) is 0 Å². The predicted molar refractivity (Wildman–Crippen MR) is 86.9 cm³/mol. The van der Waals surface area contributed by atoms with Crippen molar-refractivity contribution in [3.63, 3.8) is 0 Å². The average molecular weight is 282 g/mol. The van der Waals surface area contributed by atoms with E-state index >= 15 is 0 Å². The number of hydrogen-bond donors (Lipinski definition) is 2. The second kappa shape index (κ2) is 6.93. The highest BCUT2D eigenvalue weighted by Gasteiger charge is 2.20. The number of hydrogen-bond acceptors (Lipinski definition) is 2. The number of anilines is 1. The summed E-state index contributed by atoms with van der Waals surface area (Å²) in [7, 11) is 0. The van der Waals surface area contributed by atoms with E-state index in [9.17, 15) is 4.79 Å². The van der Waals surface area contributed by atoms with E-state index in [1.165, 1.54) is 0 Å². The molecule has 0 saturated carbocycles. The fourth-order valence-corrected chi connectivity index (χ4v) is 2.44. The molecule has 0 aliphatic heterocycles. The van der Waals surface area contributed by atoms with Crippen LogP contribution in [0.25, 0.3) is 0 Å². The molecule has 3 nitrogen and oxygen atoms in total. The Morgan fingerprint density at radius 3 is 2.24 bits per heavy atom. The minimum atomic E-state index is -0.109. The maximum Gasteiger partial charge on any atom is 0.228 e. The molecule has 2 rings (SSSR count). The van der Waals surface area contributed by atoms with Crippen molar-refractivity contribution in [1.29, 1.82) is 0 Å². The van der Waals surface area contributed by atoms with Crippen LogP contribution in [0.4, 0.5) is 5.69 Å². The summed E-state index contributed by atoms with van der Waals surface area (Å²) in [5.41, 5.74) is 8.53. The van der Waals surface area contributed by atoms with Crippen molar-refractivity contribution in [2.45, 2.75) is 32.2 Å². The van der Waals surface area contributed by atoms with Gasteiger partial charge in [0.05, 0.1) is 12.0 Å². The number of nitrogen functional groups attached to an aromatic ring is 1. The van der Waals surface area contributed by atoms with Crippen molar-refractivity contribution in [3.05, 3.63) is 65.7 Å². The smallest absolute Gasteiger partial charge is 0.228 e. The van der Waals surface area contributed by atoms with Crippen LogP contribution in [0, 0.1) is 0 Å². The van der Waals surface area contributed by atoms with Gasteiger partial charge in [-0.3, -0.25) is 4.79 Å². The molecule has 2 aromatic rings. The van der Waals surface area contributed by atoms with E-state index in [-0.39, 0.29) is 17.9 Å². The van der Waals surface area contributed by atoms with E-state index in [2.05, 4.69) is 5.32 Å². The van der Waals surface area contributed by atoms with Crippen molar-refractivity contribution in [2.24, 2.45) is 0 Å². The molecule has 2 aromatic carbocycles. The summed E-state index contributed by atoms with van der Waals surface area (Å²) >= 11 is 0. The Kier molecular flexibility index (Phi) is 4.99. The van der Waals surface area contributed by atoms with E-state index in [1.54, 1.807) is 0 Å². The number of nitrogens with one attached hydrogen (secondary N) is 1. The summed E-state index contributed by atoms with van der Waals surface area (Å²) in [5.74, 6) is -0.0459. The second-order valence-electron chi connectivity index (χ2n) is 5.27. The highest BCUT2D eigenvalue weighted by molar-refractivity contribution is 5.83. The molecule has 3 heteroatoms. The van der Waals surface area contributed by atoms with Gasteiger partial charge in [0.25, 0.3) is 0 Å². The third-order valence-corrected chi connectivity index (χ3v) is 3.72. The van der Waals surface area contributed by atoms with Gasteiger partial charge in [0.15, 0.2) is 0 Å². The molecule has 0 saturated heterocycles. The standard InChI is InChI=1S/C18H22N2O/c1-3-17(15-7-5-4-6-8-15)18(21)20-13(2)14-9-11-16(19)12-10-14/h4-13,17H,3,19H2,1-2H3,(H,20,21). The average Bonchev–Trinajstić information content (AvgIpc) is 2.49. The first kappa shape index (κ1) is 15.1. The van der Waals surface area contributed by atoms with E-state index in [0.29, 0.717) is 0 Å². The molecule has 110 valence electrons. The Morgan fingerprint density at radius 1 is 1.05 bits per heavy atom. The zero-order valence-electron chi connectivity index (χ0n) is 12.5. The van der Waals surface area contributed by atoms with Gasteiger partial charge in [0.2, 0.25) is 5.91 Å². The largest absolute Gasteiger partial charge is 0.399 e. The molecule has 0 bridgehead atoms. The lowest BCUT2D eigenvalue weighted by molar-refractivity contribution is -0.123. The second-order valence-corrected chi connectivity index (χ2v) is 5.27. The molecule has 0 aromatic heterocycles. The third kappa shape index (κ3) is 3.85. The van der Waals surface area contributed by atoms with E-state index in [0.717, 1.165) is 23.2 Å². The zero-order chi connectivity index (χ0) is 15.2. The Labute approximate surface area is 126 Å². The zero-order valence-corrected chi connectivity index (χ0v) is 12.5. The third-order valence-electron chi connectivity index (χ3n) is 3.72. The fourth-order valence-electron chi connectivity index (χ4n) is 2.44. The number of nitrogens with two attached hydrogens (primary N) is 1. The van der Waals surface area contributed by atoms with Gasteiger partial charge < -0.3 is 11.1 Å². The van der Waals surface area contributed by atoms with Crippen LogP contribution in [0.5, 0.6) is 0 Å². The molecular weight excluding hydrogens is 260 g/mol. The number of carbonyl (C=O) groups excluding carboxylic acids is 1. The molecule has 21 heavy (non-hydrogen) atoms. The first-order valence-electron chi connectivity index (χ1n) is 7.32. The van der Waals surface area contributed by atoms with E-state index in [4.69, 9.17) is 5.73 Å². The van der Waals surface area contributed by atoms with Gasteiger partial charge in [-0.2, -0.15) is 0 Å². The monoisotopic (exact) mass is 282 g/mol. The Bertz CT molecular complexity index is 578. The first-order chi connectivity index (χ1) is 10.1. The molecule has 0 aliphatic rings. The lowest BCUT2D eigenvalue weighted by Crippen LogP contribution is -2.31. The molecule has 0 radical (unpaired) electrons. The molecule has 0 heterocycles. The number of carbonyl (C=O) groups is 1. The summed E-state index contributed by atoms with van der Waals surface area (Å²) in [6.45, 7) is 4.02. The van der Waals surface area contributed by atoms with Gasteiger partial charge in [0, 0.05) is 5.69 Å². The van der Waals surface area contributed by atoms with Crippen LogP contribution in [0.15, 0.2) is 54.6 Å².